The predicted octanol–water partition coefficient (Wildman–Crippen LogP) is 2.36. The highest BCUT2D eigenvalue weighted by Gasteiger charge is 2.37. The van der Waals surface area contributed by atoms with Crippen molar-refractivity contribution >= 4 is 23.8 Å². The number of carbonyl (C=O) groups excluding carboxylic acids is 1. The van der Waals surface area contributed by atoms with Crippen LogP contribution in [0.15, 0.2) is 30.6 Å². The third-order valence-electron chi connectivity index (χ3n) is 5.43. The third-order valence-corrected chi connectivity index (χ3v) is 5.43. The van der Waals surface area contributed by atoms with Gasteiger partial charge in [0, 0.05) is 19.3 Å². The average Bonchev–Trinajstić information content (AvgIpc) is 3.00. The van der Waals surface area contributed by atoms with E-state index in [2.05, 4.69) is 10.4 Å². The molecule has 1 spiro atoms. The largest absolute Gasteiger partial charge is 0.338 e. The number of piperidine rings is 2. The van der Waals surface area contributed by atoms with Crippen molar-refractivity contribution in [2.75, 3.05) is 26.2 Å². The molecule has 2 saturated heterocycles. The molecular weight excluding hydrogens is 312 g/mol. The number of pyridine rings is 1. The van der Waals surface area contributed by atoms with E-state index in [4.69, 9.17) is 0 Å². The Kier molecular flexibility index (Phi) is 4.60. The second-order valence-electron chi connectivity index (χ2n) is 6.63. The summed E-state index contributed by atoms with van der Waals surface area (Å²) in [5, 5.41) is 7.72. The Morgan fingerprint density at radius 3 is 2.61 bits per heavy atom. The number of halogens is 1. The predicted molar refractivity (Wildman–Crippen MR) is 92.1 cm³/mol. The maximum atomic E-state index is 12.8. The maximum Gasteiger partial charge on any atom is 0.257 e. The smallest absolute Gasteiger partial charge is 0.257 e. The molecule has 0 unspecified atom stereocenters. The maximum absolute atomic E-state index is 12.8. The highest BCUT2D eigenvalue weighted by atomic mass is 35.5. The first kappa shape index (κ1) is 16.3. The van der Waals surface area contributed by atoms with Crippen molar-refractivity contribution in [3.63, 3.8) is 0 Å². The number of amides is 1. The number of aromatic nitrogens is 2. The number of hydrogen-bond donors (Lipinski definition) is 1. The van der Waals surface area contributed by atoms with Crippen LogP contribution in [0, 0.1) is 5.41 Å². The molecule has 1 amide bonds. The highest BCUT2D eigenvalue weighted by Crippen LogP contribution is 2.39. The topological polar surface area (TPSA) is 49.6 Å². The molecule has 0 atom stereocenters. The van der Waals surface area contributed by atoms with Crippen molar-refractivity contribution in [2.24, 2.45) is 5.41 Å². The van der Waals surface area contributed by atoms with Crippen molar-refractivity contribution in [1.29, 1.82) is 0 Å². The summed E-state index contributed by atoms with van der Waals surface area (Å²) in [6.07, 6.45) is 8.37. The molecule has 1 N–H and O–H groups in total. The van der Waals surface area contributed by atoms with E-state index in [9.17, 15) is 4.79 Å². The van der Waals surface area contributed by atoms with Crippen LogP contribution < -0.4 is 5.32 Å². The fourth-order valence-electron chi connectivity index (χ4n) is 3.91. The molecule has 2 aliphatic heterocycles. The monoisotopic (exact) mass is 334 g/mol. The molecule has 4 rings (SSSR count). The van der Waals surface area contributed by atoms with Crippen LogP contribution in [0.5, 0.6) is 0 Å². The second kappa shape index (κ2) is 6.49. The van der Waals surface area contributed by atoms with Crippen LogP contribution in [-0.2, 0) is 0 Å². The Morgan fingerprint density at radius 1 is 1.13 bits per heavy atom. The Balaban J connectivity index is 0.00000156. The van der Waals surface area contributed by atoms with Crippen LogP contribution in [0.4, 0.5) is 0 Å². The van der Waals surface area contributed by atoms with E-state index in [0.717, 1.165) is 50.1 Å². The summed E-state index contributed by atoms with van der Waals surface area (Å²) in [6, 6.07) is 5.84. The molecule has 2 fully saturated rings. The number of hydrogen-bond acceptors (Lipinski definition) is 3. The Morgan fingerprint density at radius 2 is 1.87 bits per heavy atom. The van der Waals surface area contributed by atoms with Crippen molar-refractivity contribution in [3.05, 3.63) is 36.2 Å². The molecule has 5 nitrogen and oxygen atoms in total. The van der Waals surface area contributed by atoms with E-state index in [1.807, 2.05) is 29.3 Å². The Hall–Kier alpha value is -1.59. The molecular formula is C17H23ClN4O. The van der Waals surface area contributed by atoms with Crippen molar-refractivity contribution < 1.29 is 4.79 Å². The molecule has 0 saturated carbocycles. The van der Waals surface area contributed by atoms with Gasteiger partial charge in [0.05, 0.1) is 17.3 Å². The van der Waals surface area contributed by atoms with Crippen LogP contribution >= 0.6 is 12.4 Å². The SMILES string of the molecule is Cl.O=C(c1cnn2ccccc12)N1CCC2(CCNCC2)CC1. The van der Waals surface area contributed by atoms with Gasteiger partial charge in [-0.05, 0) is 56.3 Å². The van der Waals surface area contributed by atoms with E-state index in [1.54, 1.807) is 10.7 Å². The van der Waals surface area contributed by atoms with Crippen LogP contribution in [0.1, 0.15) is 36.0 Å². The number of likely N-dealkylation sites (tertiary alicyclic amines) is 1. The standard InChI is InChI=1S/C17H22N4O.ClH/c22-16(14-13-19-21-10-2-1-3-15(14)21)20-11-6-17(7-12-20)4-8-18-9-5-17;/h1-3,10,13,18H,4-9,11-12H2;1H. The van der Waals surface area contributed by atoms with E-state index < -0.39 is 0 Å². The highest BCUT2D eigenvalue weighted by molar-refractivity contribution is 6.00. The fraction of sp³-hybridized carbons (Fsp3) is 0.529. The number of rotatable bonds is 1. The van der Waals surface area contributed by atoms with Gasteiger partial charge >= 0.3 is 0 Å². The zero-order chi connectivity index (χ0) is 15.0. The van der Waals surface area contributed by atoms with Gasteiger partial charge in [0.2, 0.25) is 0 Å². The van der Waals surface area contributed by atoms with Gasteiger partial charge in [-0.25, -0.2) is 4.52 Å². The lowest BCUT2D eigenvalue weighted by molar-refractivity contribution is 0.0497. The van der Waals surface area contributed by atoms with Gasteiger partial charge in [-0.3, -0.25) is 4.79 Å². The summed E-state index contributed by atoms with van der Waals surface area (Å²) < 4.78 is 1.77. The zero-order valence-electron chi connectivity index (χ0n) is 13.2. The van der Waals surface area contributed by atoms with Crippen molar-refractivity contribution in [1.82, 2.24) is 19.8 Å². The first-order valence-corrected chi connectivity index (χ1v) is 8.20. The van der Waals surface area contributed by atoms with Gasteiger partial charge in [0.25, 0.3) is 5.91 Å². The molecule has 6 heteroatoms. The number of fused-ring (bicyclic) bond motifs is 1. The molecule has 2 aromatic heterocycles. The van der Waals surface area contributed by atoms with E-state index in [-0.39, 0.29) is 18.3 Å². The summed E-state index contributed by atoms with van der Waals surface area (Å²) in [5.41, 5.74) is 2.10. The summed E-state index contributed by atoms with van der Waals surface area (Å²) in [7, 11) is 0. The van der Waals surface area contributed by atoms with Crippen LogP contribution in [-0.4, -0.2) is 46.6 Å². The number of nitrogens with zero attached hydrogens (tertiary/aromatic N) is 3. The average molecular weight is 335 g/mol. The first-order valence-electron chi connectivity index (χ1n) is 8.20. The molecule has 0 aliphatic carbocycles. The zero-order valence-corrected chi connectivity index (χ0v) is 14.0. The summed E-state index contributed by atoms with van der Waals surface area (Å²) in [5.74, 6) is 0.130. The first-order chi connectivity index (χ1) is 10.8. The van der Waals surface area contributed by atoms with Gasteiger partial charge in [0.15, 0.2) is 0 Å². The lowest BCUT2D eigenvalue weighted by Crippen LogP contribution is -2.47. The minimum Gasteiger partial charge on any atom is -0.338 e. The normalized spacial score (nSPS) is 20.4. The van der Waals surface area contributed by atoms with Gasteiger partial charge in [-0.15, -0.1) is 12.4 Å². The molecule has 124 valence electrons. The Bertz CT molecular complexity index is 683. The van der Waals surface area contributed by atoms with Crippen molar-refractivity contribution in [3.8, 4) is 0 Å². The number of nitrogens with one attached hydrogen (secondary N) is 1. The third kappa shape index (κ3) is 2.95. The van der Waals surface area contributed by atoms with Gasteiger partial charge in [-0.2, -0.15) is 5.10 Å². The molecule has 0 radical (unpaired) electrons. The van der Waals surface area contributed by atoms with Gasteiger partial charge in [0.1, 0.15) is 0 Å². The van der Waals surface area contributed by atoms with Crippen LogP contribution in [0.3, 0.4) is 0 Å². The molecule has 2 aliphatic rings. The summed E-state index contributed by atoms with van der Waals surface area (Å²) in [4.78, 5) is 14.8. The Labute approximate surface area is 142 Å². The molecule has 0 aromatic carbocycles. The second-order valence-corrected chi connectivity index (χ2v) is 6.63. The van der Waals surface area contributed by atoms with E-state index >= 15 is 0 Å². The van der Waals surface area contributed by atoms with E-state index in [0.29, 0.717) is 5.41 Å². The molecule has 23 heavy (non-hydrogen) atoms. The number of carbonyl (C=O) groups is 1. The molecule has 2 aromatic rings. The van der Waals surface area contributed by atoms with Crippen LogP contribution in [0.25, 0.3) is 5.52 Å². The lowest BCUT2D eigenvalue weighted by Gasteiger charge is -2.44. The van der Waals surface area contributed by atoms with Crippen molar-refractivity contribution in [2.45, 2.75) is 25.7 Å². The lowest BCUT2D eigenvalue weighted by atomic mass is 9.71. The summed E-state index contributed by atoms with van der Waals surface area (Å²) >= 11 is 0. The minimum atomic E-state index is 0. The minimum absolute atomic E-state index is 0. The molecule has 4 heterocycles. The van der Waals surface area contributed by atoms with Crippen LogP contribution in [0.2, 0.25) is 0 Å². The van der Waals surface area contributed by atoms with E-state index in [1.165, 1.54) is 12.8 Å². The fourth-order valence-corrected chi connectivity index (χ4v) is 3.91. The van der Waals surface area contributed by atoms with Gasteiger partial charge in [-0.1, -0.05) is 6.07 Å². The molecule has 0 bridgehead atoms. The quantitative estimate of drug-likeness (QED) is 0.871. The summed E-state index contributed by atoms with van der Waals surface area (Å²) in [6.45, 7) is 4.01. The van der Waals surface area contributed by atoms with Gasteiger partial charge < -0.3 is 10.2 Å².